The quantitative estimate of drug-likeness (QED) is 0.571. The molecule has 3 aromatic rings. The molecule has 0 saturated carbocycles. The summed E-state index contributed by atoms with van der Waals surface area (Å²) in [6, 6.07) is 12.8. The number of nitrogens with zero attached hydrogens (tertiary/aromatic N) is 3. The van der Waals surface area contributed by atoms with Crippen LogP contribution in [0.15, 0.2) is 58.2 Å². The summed E-state index contributed by atoms with van der Waals surface area (Å²) >= 11 is 7.01. The molecule has 8 heteroatoms. The second-order valence-corrected chi connectivity index (χ2v) is 6.65. The molecule has 0 aliphatic carbocycles. The van der Waals surface area contributed by atoms with Crippen molar-refractivity contribution in [1.29, 1.82) is 0 Å². The first-order chi connectivity index (χ1) is 12.6. The summed E-state index contributed by atoms with van der Waals surface area (Å²) in [5.74, 6) is 0.0260. The minimum Gasteiger partial charge on any atom is -0.411 e. The highest BCUT2D eigenvalue weighted by atomic mass is 35.5. The number of anilines is 1. The van der Waals surface area contributed by atoms with Crippen molar-refractivity contribution in [3.05, 3.63) is 59.4 Å². The van der Waals surface area contributed by atoms with Crippen LogP contribution < -0.4 is 4.90 Å². The number of benzene rings is 2. The first kappa shape index (κ1) is 18.4. The Morgan fingerprint density at radius 3 is 2.50 bits per heavy atom. The van der Waals surface area contributed by atoms with Gasteiger partial charge in [0.1, 0.15) is 5.82 Å². The van der Waals surface area contributed by atoms with Crippen molar-refractivity contribution in [1.82, 2.24) is 10.2 Å². The number of hydrogen-bond donors (Lipinski definition) is 0. The van der Waals surface area contributed by atoms with E-state index in [1.54, 1.807) is 41.3 Å². The van der Waals surface area contributed by atoms with Crippen LogP contribution in [0.2, 0.25) is 5.02 Å². The zero-order valence-corrected chi connectivity index (χ0v) is 15.4. The molecule has 0 spiro atoms. The van der Waals surface area contributed by atoms with Gasteiger partial charge in [0, 0.05) is 22.8 Å². The maximum Gasteiger partial charge on any atom is 0.277 e. The van der Waals surface area contributed by atoms with Crippen molar-refractivity contribution in [2.24, 2.45) is 0 Å². The van der Waals surface area contributed by atoms with Crippen LogP contribution in [-0.4, -0.2) is 28.4 Å². The Kier molecular flexibility index (Phi) is 5.90. The zero-order chi connectivity index (χ0) is 18.5. The molecule has 5 nitrogen and oxygen atoms in total. The van der Waals surface area contributed by atoms with E-state index in [4.69, 9.17) is 16.0 Å². The third kappa shape index (κ3) is 4.42. The van der Waals surface area contributed by atoms with Gasteiger partial charge in [0.15, 0.2) is 0 Å². The highest BCUT2D eigenvalue weighted by molar-refractivity contribution is 7.99. The second kappa shape index (κ2) is 8.33. The number of carbonyl (C=O) groups excluding carboxylic acids is 1. The van der Waals surface area contributed by atoms with Gasteiger partial charge in [-0.1, -0.05) is 23.4 Å². The van der Waals surface area contributed by atoms with Crippen molar-refractivity contribution in [2.75, 3.05) is 17.2 Å². The SMILES string of the molecule is CCN(C(=O)CSc1nnc(-c2ccc(Cl)cc2)o1)c1ccc(F)cc1. The Labute approximate surface area is 159 Å². The number of hydrogen-bond acceptors (Lipinski definition) is 5. The Hall–Kier alpha value is -2.38. The lowest BCUT2D eigenvalue weighted by Gasteiger charge is -2.20. The molecule has 1 heterocycles. The molecule has 0 radical (unpaired) electrons. The molecule has 134 valence electrons. The molecule has 1 aromatic heterocycles. The molecule has 0 aliphatic heterocycles. The topological polar surface area (TPSA) is 59.2 Å². The lowest BCUT2D eigenvalue weighted by atomic mass is 10.2. The van der Waals surface area contributed by atoms with Crippen LogP contribution in [0.3, 0.4) is 0 Å². The van der Waals surface area contributed by atoms with Gasteiger partial charge in [0.05, 0.1) is 5.75 Å². The predicted molar refractivity (Wildman–Crippen MR) is 99.9 cm³/mol. The van der Waals surface area contributed by atoms with E-state index < -0.39 is 0 Å². The van der Waals surface area contributed by atoms with Crippen molar-refractivity contribution >= 4 is 35.0 Å². The van der Waals surface area contributed by atoms with Crippen LogP contribution in [-0.2, 0) is 4.79 Å². The molecule has 0 atom stereocenters. The van der Waals surface area contributed by atoms with E-state index in [0.717, 1.165) is 17.3 Å². The largest absolute Gasteiger partial charge is 0.411 e. The smallest absolute Gasteiger partial charge is 0.277 e. The maximum atomic E-state index is 13.0. The Bertz CT molecular complexity index is 884. The number of amides is 1. The number of thioether (sulfide) groups is 1. The van der Waals surface area contributed by atoms with Crippen LogP contribution in [0.4, 0.5) is 10.1 Å². The number of rotatable bonds is 6. The van der Waals surface area contributed by atoms with Gasteiger partial charge in [-0.25, -0.2) is 4.39 Å². The third-order valence-electron chi connectivity index (χ3n) is 3.57. The van der Waals surface area contributed by atoms with E-state index >= 15 is 0 Å². The standard InChI is InChI=1S/C18H15ClFN3O2S/c1-2-23(15-9-7-14(20)8-10-15)16(24)11-26-18-22-21-17(25-18)12-3-5-13(19)6-4-12/h3-10H,2,11H2,1H3. The van der Waals surface area contributed by atoms with E-state index in [2.05, 4.69) is 10.2 Å². The fourth-order valence-electron chi connectivity index (χ4n) is 2.30. The molecule has 0 bridgehead atoms. The molecule has 0 saturated heterocycles. The minimum atomic E-state index is -0.341. The molecular weight excluding hydrogens is 377 g/mol. The van der Waals surface area contributed by atoms with Crippen LogP contribution in [0, 0.1) is 5.82 Å². The van der Waals surface area contributed by atoms with Gasteiger partial charge in [0.2, 0.25) is 11.8 Å². The summed E-state index contributed by atoms with van der Waals surface area (Å²) < 4.78 is 18.6. The van der Waals surface area contributed by atoms with Gasteiger partial charge < -0.3 is 9.32 Å². The number of aromatic nitrogens is 2. The second-order valence-electron chi connectivity index (χ2n) is 5.28. The summed E-state index contributed by atoms with van der Waals surface area (Å²) in [7, 11) is 0. The molecule has 0 unspecified atom stereocenters. The third-order valence-corrected chi connectivity index (χ3v) is 4.63. The van der Waals surface area contributed by atoms with Gasteiger partial charge in [-0.2, -0.15) is 0 Å². The summed E-state index contributed by atoms with van der Waals surface area (Å²) in [6.45, 7) is 2.34. The predicted octanol–water partition coefficient (Wildman–Crippen LogP) is 4.67. The fourth-order valence-corrected chi connectivity index (χ4v) is 3.07. The van der Waals surface area contributed by atoms with Crippen LogP contribution >= 0.6 is 23.4 Å². The van der Waals surface area contributed by atoms with Crippen LogP contribution in [0.5, 0.6) is 0 Å². The Morgan fingerprint density at radius 1 is 1.15 bits per heavy atom. The van der Waals surface area contributed by atoms with Gasteiger partial charge >= 0.3 is 0 Å². The molecule has 0 aliphatic rings. The Balaban J connectivity index is 1.63. The Morgan fingerprint density at radius 2 is 1.85 bits per heavy atom. The average molecular weight is 392 g/mol. The van der Waals surface area contributed by atoms with E-state index in [9.17, 15) is 9.18 Å². The average Bonchev–Trinajstić information content (AvgIpc) is 3.12. The summed E-state index contributed by atoms with van der Waals surface area (Å²) in [5, 5.41) is 8.85. The number of carbonyl (C=O) groups is 1. The monoisotopic (exact) mass is 391 g/mol. The summed E-state index contributed by atoms with van der Waals surface area (Å²) in [4.78, 5) is 14.0. The molecule has 2 aromatic carbocycles. The lowest BCUT2D eigenvalue weighted by molar-refractivity contribution is -0.116. The van der Waals surface area contributed by atoms with Crippen LogP contribution in [0.1, 0.15) is 6.92 Å². The van der Waals surface area contributed by atoms with Crippen LogP contribution in [0.25, 0.3) is 11.5 Å². The first-order valence-electron chi connectivity index (χ1n) is 7.85. The fraction of sp³-hybridized carbons (Fsp3) is 0.167. The van der Waals surface area contributed by atoms with E-state index in [-0.39, 0.29) is 17.5 Å². The van der Waals surface area contributed by atoms with Crippen molar-refractivity contribution < 1.29 is 13.6 Å². The van der Waals surface area contributed by atoms with Gasteiger partial charge in [-0.05, 0) is 55.5 Å². The molecule has 0 N–H and O–H groups in total. The minimum absolute atomic E-state index is 0.129. The molecule has 0 fully saturated rings. The van der Waals surface area contributed by atoms with E-state index in [1.165, 1.54) is 12.1 Å². The normalized spacial score (nSPS) is 10.7. The summed E-state index contributed by atoms with van der Waals surface area (Å²) in [6.07, 6.45) is 0. The first-order valence-corrected chi connectivity index (χ1v) is 9.21. The molecule has 3 rings (SSSR count). The van der Waals surface area contributed by atoms with Crippen molar-refractivity contribution in [3.63, 3.8) is 0 Å². The molecule has 26 heavy (non-hydrogen) atoms. The lowest BCUT2D eigenvalue weighted by Crippen LogP contribution is -2.32. The van der Waals surface area contributed by atoms with Crippen molar-refractivity contribution in [2.45, 2.75) is 12.1 Å². The van der Waals surface area contributed by atoms with Gasteiger partial charge in [-0.15, -0.1) is 10.2 Å². The molecule has 1 amide bonds. The van der Waals surface area contributed by atoms with Crippen molar-refractivity contribution in [3.8, 4) is 11.5 Å². The highest BCUT2D eigenvalue weighted by Gasteiger charge is 2.17. The van der Waals surface area contributed by atoms with E-state index in [1.807, 2.05) is 6.92 Å². The molecular formula is C18H15ClFN3O2S. The van der Waals surface area contributed by atoms with Gasteiger partial charge in [0.25, 0.3) is 5.22 Å². The number of halogens is 2. The zero-order valence-electron chi connectivity index (χ0n) is 13.9. The van der Waals surface area contributed by atoms with E-state index in [0.29, 0.717) is 28.4 Å². The van der Waals surface area contributed by atoms with Gasteiger partial charge in [-0.3, -0.25) is 4.79 Å². The highest BCUT2D eigenvalue weighted by Crippen LogP contribution is 2.25. The maximum absolute atomic E-state index is 13.0. The summed E-state index contributed by atoms with van der Waals surface area (Å²) in [5.41, 5.74) is 1.40.